The molecule has 0 saturated carbocycles. The number of anilines is 1. The SMILES string of the molecule is CC1=C(C(=O)Nc2ccc(F)cc2)[C@@H](c2ccccn2)C2=C(C[C@@H](c3ccccc3)CC2=O)N1. The number of ketones is 1. The second-order valence-corrected chi connectivity index (χ2v) is 8.64. The summed E-state index contributed by atoms with van der Waals surface area (Å²) in [6.07, 6.45) is 2.72. The van der Waals surface area contributed by atoms with Crippen LogP contribution in [0.15, 0.2) is 102 Å². The Balaban J connectivity index is 1.54. The Morgan fingerprint density at radius 3 is 2.44 bits per heavy atom. The molecule has 6 heteroatoms. The molecule has 2 N–H and O–H groups in total. The van der Waals surface area contributed by atoms with Gasteiger partial charge in [0, 0.05) is 40.8 Å². The molecule has 5 nitrogen and oxygen atoms in total. The van der Waals surface area contributed by atoms with Crippen molar-refractivity contribution >= 4 is 17.4 Å². The number of pyridine rings is 1. The summed E-state index contributed by atoms with van der Waals surface area (Å²) in [4.78, 5) is 31.5. The third kappa shape index (κ3) is 4.15. The monoisotopic (exact) mass is 453 g/mol. The van der Waals surface area contributed by atoms with E-state index in [0.717, 1.165) is 11.3 Å². The predicted octanol–water partition coefficient (Wildman–Crippen LogP) is 5.22. The quantitative estimate of drug-likeness (QED) is 0.568. The highest BCUT2D eigenvalue weighted by molar-refractivity contribution is 6.09. The van der Waals surface area contributed by atoms with Gasteiger partial charge in [-0.05, 0) is 61.2 Å². The number of benzene rings is 2. The van der Waals surface area contributed by atoms with E-state index >= 15 is 0 Å². The average molecular weight is 454 g/mol. The van der Waals surface area contributed by atoms with Gasteiger partial charge >= 0.3 is 0 Å². The lowest BCUT2D eigenvalue weighted by atomic mass is 9.72. The van der Waals surface area contributed by atoms with Crippen molar-refractivity contribution in [2.24, 2.45) is 0 Å². The fourth-order valence-corrected chi connectivity index (χ4v) is 4.88. The highest BCUT2D eigenvalue weighted by Gasteiger charge is 2.41. The summed E-state index contributed by atoms with van der Waals surface area (Å²) in [5, 5.41) is 6.21. The van der Waals surface area contributed by atoms with Crippen molar-refractivity contribution in [1.82, 2.24) is 10.3 Å². The molecule has 0 bridgehead atoms. The number of hydrogen-bond donors (Lipinski definition) is 2. The predicted molar refractivity (Wildman–Crippen MR) is 128 cm³/mol. The summed E-state index contributed by atoms with van der Waals surface area (Å²) >= 11 is 0. The molecule has 170 valence electrons. The smallest absolute Gasteiger partial charge is 0.254 e. The molecule has 2 aliphatic rings. The molecule has 5 rings (SSSR count). The van der Waals surface area contributed by atoms with E-state index in [1.165, 1.54) is 24.3 Å². The Morgan fingerprint density at radius 1 is 1.00 bits per heavy atom. The Kier molecular flexibility index (Phi) is 5.80. The first kappa shape index (κ1) is 21.8. The number of nitrogens with zero attached hydrogens (tertiary/aromatic N) is 1. The van der Waals surface area contributed by atoms with Crippen LogP contribution >= 0.6 is 0 Å². The highest BCUT2D eigenvalue weighted by atomic mass is 19.1. The van der Waals surface area contributed by atoms with Gasteiger partial charge in [0.05, 0.1) is 11.6 Å². The third-order valence-corrected chi connectivity index (χ3v) is 6.43. The average Bonchev–Trinajstić information content (AvgIpc) is 2.85. The minimum absolute atomic E-state index is 0.0119. The van der Waals surface area contributed by atoms with Crippen molar-refractivity contribution in [3.8, 4) is 0 Å². The van der Waals surface area contributed by atoms with Gasteiger partial charge in [0.15, 0.2) is 5.78 Å². The molecule has 0 fully saturated rings. The number of nitrogens with one attached hydrogen (secondary N) is 2. The largest absolute Gasteiger partial charge is 0.362 e. The molecular formula is C28H24FN3O2. The van der Waals surface area contributed by atoms with Gasteiger partial charge in [-0.1, -0.05) is 36.4 Å². The zero-order chi connectivity index (χ0) is 23.7. The van der Waals surface area contributed by atoms with Crippen LogP contribution in [0.5, 0.6) is 0 Å². The van der Waals surface area contributed by atoms with Crippen molar-refractivity contribution in [2.75, 3.05) is 5.32 Å². The number of carbonyl (C=O) groups is 2. The van der Waals surface area contributed by atoms with E-state index in [4.69, 9.17) is 0 Å². The molecule has 3 aromatic rings. The summed E-state index contributed by atoms with van der Waals surface area (Å²) in [7, 11) is 0. The maximum absolute atomic E-state index is 13.5. The van der Waals surface area contributed by atoms with Crippen LogP contribution in [-0.2, 0) is 9.59 Å². The van der Waals surface area contributed by atoms with Gasteiger partial charge in [-0.15, -0.1) is 0 Å². The van der Waals surface area contributed by atoms with Crippen LogP contribution in [0.4, 0.5) is 10.1 Å². The van der Waals surface area contributed by atoms with Gasteiger partial charge in [0.2, 0.25) is 0 Å². The minimum atomic E-state index is -0.581. The standard InChI is InChI=1S/C28H24FN3O2/c1-17-25(28(34)32-21-12-10-20(29)11-13-21)27(22-9-5-6-14-30-22)26-23(31-17)15-19(16-24(26)33)18-7-3-2-4-8-18/h2-14,19,27,31H,15-16H2,1H3,(H,32,34)/t19-,27-/m1/s1. The molecule has 0 saturated heterocycles. The Labute approximate surface area is 197 Å². The number of rotatable bonds is 4. The zero-order valence-electron chi connectivity index (χ0n) is 18.7. The third-order valence-electron chi connectivity index (χ3n) is 6.43. The minimum Gasteiger partial charge on any atom is -0.362 e. The number of Topliss-reactive ketones (excluding diaryl/α,β-unsaturated/α-hetero) is 1. The Morgan fingerprint density at radius 2 is 1.74 bits per heavy atom. The first-order chi connectivity index (χ1) is 16.5. The van der Waals surface area contributed by atoms with E-state index in [9.17, 15) is 14.0 Å². The first-order valence-electron chi connectivity index (χ1n) is 11.3. The van der Waals surface area contributed by atoms with Gasteiger partial charge < -0.3 is 10.6 Å². The molecule has 1 aromatic heterocycles. The Hall–Kier alpha value is -4.06. The summed E-state index contributed by atoms with van der Waals surface area (Å²) < 4.78 is 13.3. The van der Waals surface area contributed by atoms with Crippen LogP contribution in [0.2, 0.25) is 0 Å². The lowest BCUT2D eigenvalue weighted by Gasteiger charge is -2.36. The number of halogens is 1. The number of allylic oxidation sites excluding steroid dienone is 3. The molecule has 1 aliphatic heterocycles. The molecule has 1 amide bonds. The van der Waals surface area contributed by atoms with Crippen LogP contribution in [0.1, 0.15) is 42.9 Å². The maximum Gasteiger partial charge on any atom is 0.254 e. The number of amides is 1. The van der Waals surface area contributed by atoms with Gasteiger partial charge in [-0.2, -0.15) is 0 Å². The van der Waals surface area contributed by atoms with E-state index in [1.807, 2.05) is 55.5 Å². The molecule has 0 spiro atoms. The second-order valence-electron chi connectivity index (χ2n) is 8.64. The van der Waals surface area contributed by atoms with Gasteiger partial charge in [-0.3, -0.25) is 14.6 Å². The van der Waals surface area contributed by atoms with Crippen LogP contribution < -0.4 is 10.6 Å². The summed E-state index contributed by atoms with van der Waals surface area (Å²) in [6, 6.07) is 21.1. The number of dihydropyridines is 1. The van der Waals surface area contributed by atoms with Crippen molar-refractivity contribution < 1.29 is 14.0 Å². The van der Waals surface area contributed by atoms with Gasteiger partial charge in [-0.25, -0.2) is 4.39 Å². The van der Waals surface area contributed by atoms with Crippen molar-refractivity contribution in [3.63, 3.8) is 0 Å². The molecular weight excluding hydrogens is 429 g/mol. The first-order valence-corrected chi connectivity index (χ1v) is 11.3. The van der Waals surface area contributed by atoms with E-state index < -0.39 is 5.92 Å². The van der Waals surface area contributed by atoms with E-state index in [2.05, 4.69) is 15.6 Å². The highest BCUT2D eigenvalue weighted by Crippen LogP contribution is 2.45. The van der Waals surface area contributed by atoms with E-state index in [-0.39, 0.29) is 23.4 Å². The van der Waals surface area contributed by atoms with Crippen molar-refractivity contribution in [3.05, 3.63) is 119 Å². The van der Waals surface area contributed by atoms with Crippen LogP contribution in [0.25, 0.3) is 0 Å². The molecule has 2 atom stereocenters. The van der Waals surface area contributed by atoms with Gasteiger partial charge in [0.25, 0.3) is 5.91 Å². The zero-order valence-corrected chi connectivity index (χ0v) is 18.7. The normalized spacial score (nSPS) is 20.0. The lowest BCUT2D eigenvalue weighted by molar-refractivity contribution is -0.116. The lowest BCUT2D eigenvalue weighted by Crippen LogP contribution is -2.37. The molecule has 1 aliphatic carbocycles. The number of aromatic nitrogens is 1. The molecule has 0 radical (unpaired) electrons. The molecule has 0 unspecified atom stereocenters. The summed E-state index contributed by atoms with van der Waals surface area (Å²) in [5.41, 5.74) is 4.80. The van der Waals surface area contributed by atoms with Crippen LogP contribution in [0.3, 0.4) is 0 Å². The van der Waals surface area contributed by atoms with Crippen molar-refractivity contribution in [2.45, 2.75) is 31.6 Å². The van der Waals surface area contributed by atoms with Crippen molar-refractivity contribution in [1.29, 1.82) is 0 Å². The van der Waals surface area contributed by atoms with E-state index in [1.54, 1.807) is 6.20 Å². The summed E-state index contributed by atoms with van der Waals surface area (Å²) in [6.45, 7) is 1.84. The molecule has 34 heavy (non-hydrogen) atoms. The topological polar surface area (TPSA) is 71.1 Å². The van der Waals surface area contributed by atoms with Gasteiger partial charge in [0.1, 0.15) is 5.82 Å². The summed E-state index contributed by atoms with van der Waals surface area (Å²) in [5.74, 6) is -1.22. The molecule has 2 aromatic carbocycles. The van der Waals surface area contributed by atoms with E-state index in [0.29, 0.717) is 41.1 Å². The molecule has 2 heterocycles. The fraction of sp³-hybridized carbons (Fsp3) is 0.179. The fourth-order valence-electron chi connectivity index (χ4n) is 4.88. The van der Waals surface area contributed by atoms with Crippen LogP contribution in [0, 0.1) is 5.82 Å². The Bertz CT molecular complexity index is 1300. The number of hydrogen-bond acceptors (Lipinski definition) is 4. The van der Waals surface area contributed by atoms with Crippen LogP contribution in [-0.4, -0.2) is 16.7 Å². The second kappa shape index (κ2) is 9.06. The number of carbonyl (C=O) groups excluding carboxylic acids is 2. The maximum atomic E-state index is 13.5.